The first kappa shape index (κ1) is 15.2. The highest BCUT2D eigenvalue weighted by Gasteiger charge is 2.12. The molecule has 0 saturated carbocycles. The highest BCUT2D eigenvalue weighted by Crippen LogP contribution is 2.18. The number of hydrazine groups is 1. The van der Waals surface area contributed by atoms with Gasteiger partial charge in [0.05, 0.1) is 6.54 Å². The van der Waals surface area contributed by atoms with Crippen LogP contribution in [0.15, 0.2) is 0 Å². The van der Waals surface area contributed by atoms with Crippen molar-refractivity contribution in [1.82, 2.24) is 14.9 Å². The molecule has 7 nitrogen and oxygen atoms in total. The van der Waals surface area contributed by atoms with E-state index in [0.29, 0.717) is 30.5 Å². The Morgan fingerprint density at radius 2 is 1.79 bits per heavy atom. The van der Waals surface area contributed by atoms with Gasteiger partial charge < -0.3 is 15.6 Å². The largest absolute Gasteiger partial charge is 0.361 e. The molecule has 19 heavy (non-hydrogen) atoms. The molecule has 7 heteroatoms. The van der Waals surface area contributed by atoms with Crippen LogP contribution in [0.25, 0.3) is 0 Å². The summed E-state index contributed by atoms with van der Waals surface area (Å²) in [5.41, 5.74) is 3.31. The molecule has 1 rings (SSSR count). The molecule has 0 spiro atoms. The maximum atomic E-state index is 11.9. The van der Waals surface area contributed by atoms with Crippen LogP contribution in [0.1, 0.15) is 25.2 Å². The monoisotopic (exact) mass is 266 g/mol. The van der Waals surface area contributed by atoms with Gasteiger partial charge in [-0.05, 0) is 27.7 Å². The summed E-state index contributed by atoms with van der Waals surface area (Å²) in [6.45, 7) is 9.15. The fraction of sp³-hybridized carbons (Fsp3) is 0.583. The number of aryl methyl sites for hydroxylation is 1. The Morgan fingerprint density at radius 1 is 1.21 bits per heavy atom. The van der Waals surface area contributed by atoms with Gasteiger partial charge in [-0.25, -0.2) is 15.8 Å². The van der Waals surface area contributed by atoms with Crippen LogP contribution in [0, 0.1) is 13.8 Å². The van der Waals surface area contributed by atoms with Crippen molar-refractivity contribution in [2.24, 2.45) is 5.84 Å². The minimum absolute atomic E-state index is 0.0444. The van der Waals surface area contributed by atoms with Gasteiger partial charge in [-0.1, -0.05) is 0 Å². The minimum Gasteiger partial charge on any atom is -0.361 e. The number of anilines is 2. The number of nitrogens with zero attached hydrogens (tertiary/aromatic N) is 3. The number of amides is 1. The second kappa shape index (κ2) is 6.89. The number of nitrogen functional groups attached to an aromatic ring is 1. The van der Waals surface area contributed by atoms with Crippen molar-refractivity contribution in [3.8, 4) is 0 Å². The number of hydrogen-bond acceptors (Lipinski definition) is 6. The Labute approximate surface area is 113 Å². The third-order valence-corrected chi connectivity index (χ3v) is 2.92. The third kappa shape index (κ3) is 3.78. The number of rotatable bonds is 6. The normalized spacial score (nSPS) is 10.2. The third-order valence-electron chi connectivity index (χ3n) is 2.92. The van der Waals surface area contributed by atoms with Crippen molar-refractivity contribution in [2.75, 3.05) is 30.4 Å². The van der Waals surface area contributed by atoms with Crippen LogP contribution in [-0.4, -0.2) is 40.4 Å². The Kier molecular flexibility index (Phi) is 5.50. The Hall–Kier alpha value is -1.89. The fourth-order valence-electron chi connectivity index (χ4n) is 1.79. The minimum atomic E-state index is 0.0444. The van der Waals surface area contributed by atoms with Crippen molar-refractivity contribution in [2.45, 2.75) is 27.7 Å². The van der Waals surface area contributed by atoms with Gasteiger partial charge in [-0.3, -0.25) is 4.79 Å². The van der Waals surface area contributed by atoms with Gasteiger partial charge in [0, 0.05) is 18.7 Å². The summed E-state index contributed by atoms with van der Waals surface area (Å²) in [6, 6.07) is 0. The SMILES string of the molecule is CCN(CC)C(=O)CNc1nc(C)nc(NN)c1C. The molecule has 0 aromatic carbocycles. The molecule has 0 aliphatic rings. The summed E-state index contributed by atoms with van der Waals surface area (Å²) in [7, 11) is 0. The van der Waals surface area contributed by atoms with Crippen molar-refractivity contribution in [3.63, 3.8) is 0 Å². The van der Waals surface area contributed by atoms with Gasteiger partial charge in [0.2, 0.25) is 5.91 Å². The first-order valence-electron chi connectivity index (χ1n) is 6.36. The standard InChI is InChI=1S/C12H22N6O/c1-5-18(6-2)10(19)7-14-11-8(3)12(17-13)16-9(4)15-11/h5-7,13H2,1-4H3,(H2,14,15,16,17). The van der Waals surface area contributed by atoms with Gasteiger partial charge in [0.1, 0.15) is 17.5 Å². The van der Waals surface area contributed by atoms with Crippen LogP contribution in [0.3, 0.4) is 0 Å². The Morgan fingerprint density at radius 3 is 2.32 bits per heavy atom. The van der Waals surface area contributed by atoms with E-state index < -0.39 is 0 Å². The average Bonchev–Trinajstić information content (AvgIpc) is 2.40. The number of aromatic nitrogens is 2. The van der Waals surface area contributed by atoms with E-state index >= 15 is 0 Å². The second-order valence-corrected chi connectivity index (χ2v) is 4.16. The predicted octanol–water partition coefficient (Wildman–Crippen LogP) is 0.659. The summed E-state index contributed by atoms with van der Waals surface area (Å²) < 4.78 is 0. The molecule has 4 N–H and O–H groups in total. The molecular weight excluding hydrogens is 244 g/mol. The quantitative estimate of drug-likeness (QED) is 0.517. The Bertz CT molecular complexity index is 444. The molecule has 1 heterocycles. The fourth-order valence-corrected chi connectivity index (χ4v) is 1.79. The van der Waals surface area contributed by atoms with E-state index in [-0.39, 0.29) is 12.5 Å². The number of likely N-dealkylation sites (N-methyl/N-ethyl adjacent to an activating group) is 1. The van der Waals surface area contributed by atoms with Crippen LogP contribution in [0.4, 0.5) is 11.6 Å². The van der Waals surface area contributed by atoms with E-state index in [1.54, 1.807) is 11.8 Å². The lowest BCUT2D eigenvalue weighted by Crippen LogP contribution is -2.35. The van der Waals surface area contributed by atoms with Crippen molar-refractivity contribution >= 4 is 17.5 Å². The average molecular weight is 266 g/mol. The molecule has 1 aromatic rings. The Balaban J connectivity index is 2.78. The number of hydrogen-bond donors (Lipinski definition) is 3. The first-order chi connectivity index (χ1) is 9.03. The summed E-state index contributed by atoms with van der Waals surface area (Å²) >= 11 is 0. The zero-order chi connectivity index (χ0) is 14.4. The number of nitrogens with two attached hydrogens (primary N) is 1. The summed E-state index contributed by atoms with van der Waals surface area (Å²) in [4.78, 5) is 22.1. The van der Waals surface area contributed by atoms with Crippen LogP contribution in [0.2, 0.25) is 0 Å². The van der Waals surface area contributed by atoms with Gasteiger partial charge in [0.15, 0.2) is 0 Å². The van der Waals surface area contributed by atoms with Crippen LogP contribution in [-0.2, 0) is 4.79 Å². The maximum Gasteiger partial charge on any atom is 0.241 e. The van der Waals surface area contributed by atoms with Gasteiger partial charge in [0.25, 0.3) is 0 Å². The molecule has 0 aliphatic heterocycles. The lowest BCUT2D eigenvalue weighted by atomic mass is 10.3. The second-order valence-electron chi connectivity index (χ2n) is 4.16. The van der Waals surface area contributed by atoms with E-state index in [1.165, 1.54) is 0 Å². The zero-order valence-electron chi connectivity index (χ0n) is 11.9. The van der Waals surface area contributed by atoms with Gasteiger partial charge in [-0.15, -0.1) is 0 Å². The number of carbonyl (C=O) groups excluding carboxylic acids is 1. The zero-order valence-corrected chi connectivity index (χ0v) is 11.9. The molecule has 1 amide bonds. The lowest BCUT2D eigenvalue weighted by molar-refractivity contribution is -0.128. The van der Waals surface area contributed by atoms with Crippen LogP contribution >= 0.6 is 0 Å². The van der Waals surface area contributed by atoms with E-state index in [4.69, 9.17) is 5.84 Å². The van der Waals surface area contributed by atoms with Gasteiger partial charge >= 0.3 is 0 Å². The first-order valence-corrected chi connectivity index (χ1v) is 6.36. The molecule has 0 unspecified atom stereocenters. The summed E-state index contributed by atoms with van der Waals surface area (Å²) in [6.07, 6.45) is 0. The molecule has 106 valence electrons. The van der Waals surface area contributed by atoms with Crippen molar-refractivity contribution in [3.05, 3.63) is 11.4 Å². The van der Waals surface area contributed by atoms with Crippen molar-refractivity contribution in [1.29, 1.82) is 0 Å². The predicted molar refractivity (Wildman–Crippen MR) is 75.7 cm³/mol. The molecule has 0 saturated heterocycles. The lowest BCUT2D eigenvalue weighted by Gasteiger charge is -2.19. The molecule has 0 radical (unpaired) electrons. The summed E-state index contributed by atoms with van der Waals surface area (Å²) in [5, 5.41) is 3.04. The van der Waals surface area contributed by atoms with E-state index in [0.717, 1.165) is 5.56 Å². The van der Waals surface area contributed by atoms with Crippen LogP contribution in [0.5, 0.6) is 0 Å². The highest BCUT2D eigenvalue weighted by atomic mass is 16.2. The van der Waals surface area contributed by atoms with E-state index in [2.05, 4.69) is 20.7 Å². The highest BCUT2D eigenvalue weighted by molar-refractivity contribution is 5.81. The molecule has 0 bridgehead atoms. The topological polar surface area (TPSA) is 96.2 Å². The van der Waals surface area contributed by atoms with Gasteiger partial charge in [-0.2, -0.15) is 0 Å². The smallest absolute Gasteiger partial charge is 0.241 e. The molecule has 0 aliphatic carbocycles. The maximum absolute atomic E-state index is 11.9. The molecular formula is C12H22N6O. The van der Waals surface area contributed by atoms with E-state index in [1.807, 2.05) is 20.8 Å². The molecule has 0 fully saturated rings. The van der Waals surface area contributed by atoms with E-state index in [9.17, 15) is 4.79 Å². The number of nitrogens with one attached hydrogen (secondary N) is 2. The van der Waals surface area contributed by atoms with Crippen molar-refractivity contribution < 1.29 is 4.79 Å². The van der Waals surface area contributed by atoms with Crippen LogP contribution < -0.4 is 16.6 Å². The molecule has 1 aromatic heterocycles. The summed E-state index contributed by atoms with van der Waals surface area (Å²) in [5.74, 6) is 7.22. The molecule has 0 atom stereocenters. The number of carbonyl (C=O) groups is 1.